The molecule has 0 saturated heterocycles. The van der Waals surface area contributed by atoms with Crippen LogP contribution in [0.1, 0.15) is 33.1 Å². The number of aliphatic hydroxyl groups excluding tert-OH is 1. The second-order valence-electron chi connectivity index (χ2n) is 2.57. The Morgan fingerprint density at radius 2 is 1.78 bits per heavy atom. The van der Waals surface area contributed by atoms with Crippen LogP contribution in [0.3, 0.4) is 0 Å². The summed E-state index contributed by atoms with van der Waals surface area (Å²) >= 11 is 0. The van der Waals surface area contributed by atoms with Crippen molar-refractivity contribution in [3.05, 3.63) is 0 Å². The fraction of sp³-hybridized carbons (Fsp3) is 1.00. The Hall–Kier alpha value is -0.0800. The molecular formula is C7H16O2. The Morgan fingerprint density at radius 1 is 1.22 bits per heavy atom. The third-order valence-electron chi connectivity index (χ3n) is 1.61. The van der Waals surface area contributed by atoms with E-state index in [1.807, 2.05) is 0 Å². The van der Waals surface area contributed by atoms with E-state index in [0.717, 1.165) is 12.8 Å². The number of hydrogen-bond acceptors (Lipinski definition) is 2. The van der Waals surface area contributed by atoms with Gasteiger partial charge < -0.3 is 10.2 Å². The molecule has 0 aromatic rings. The summed E-state index contributed by atoms with van der Waals surface area (Å²) in [4.78, 5) is 0. The molecule has 0 spiro atoms. The van der Waals surface area contributed by atoms with Gasteiger partial charge in [0.25, 0.3) is 0 Å². The first-order valence-corrected chi connectivity index (χ1v) is 3.53. The first kappa shape index (κ1) is 8.92. The van der Waals surface area contributed by atoms with Crippen LogP contribution in [-0.2, 0) is 0 Å². The molecule has 56 valence electrons. The molecule has 0 aromatic heterocycles. The number of rotatable bonds is 4. The Kier molecular flexibility index (Phi) is 4.72. The Labute approximate surface area is 56.5 Å². The van der Waals surface area contributed by atoms with Crippen LogP contribution >= 0.6 is 0 Å². The third kappa shape index (κ3) is 5.80. The van der Waals surface area contributed by atoms with E-state index < -0.39 is 6.29 Å². The van der Waals surface area contributed by atoms with E-state index in [-0.39, 0.29) is 0 Å². The fourth-order valence-electron chi connectivity index (χ4n) is 0.638. The van der Waals surface area contributed by atoms with Crippen LogP contribution in [-0.4, -0.2) is 16.5 Å². The summed E-state index contributed by atoms with van der Waals surface area (Å²) in [5.41, 5.74) is 0. The van der Waals surface area contributed by atoms with Crippen molar-refractivity contribution in [2.45, 2.75) is 39.4 Å². The molecule has 0 aliphatic heterocycles. The van der Waals surface area contributed by atoms with Gasteiger partial charge in [0.15, 0.2) is 6.29 Å². The minimum absolute atomic E-state index is 0.509. The van der Waals surface area contributed by atoms with E-state index in [1.165, 1.54) is 0 Å². The molecule has 1 atom stereocenters. The molecular weight excluding hydrogens is 116 g/mol. The summed E-state index contributed by atoms with van der Waals surface area (Å²) < 4.78 is 0. The quantitative estimate of drug-likeness (QED) is 0.563. The maximum atomic E-state index is 8.45. The SMILES string of the molecule is CCC(C)CCC(O)O. The van der Waals surface area contributed by atoms with Crippen molar-refractivity contribution in [2.24, 2.45) is 5.92 Å². The van der Waals surface area contributed by atoms with E-state index in [4.69, 9.17) is 10.2 Å². The highest BCUT2D eigenvalue weighted by atomic mass is 16.5. The lowest BCUT2D eigenvalue weighted by Crippen LogP contribution is -2.06. The molecule has 0 aliphatic rings. The highest BCUT2D eigenvalue weighted by Crippen LogP contribution is 2.09. The standard InChI is InChI=1S/C7H16O2/c1-3-6(2)4-5-7(8)9/h6-9H,3-5H2,1-2H3. The summed E-state index contributed by atoms with van der Waals surface area (Å²) in [5.74, 6) is 0.617. The molecule has 0 heterocycles. The second kappa shape index (κ2) is 4.77. The van der Waals surface area contributed by atoms with E-state index >= 15 is 0 Å². The summed E-state index contributed by atoms with van der Waals surface area (Å²) in [6, 6.07) is 0. The third-order valence-corrected chi connectivity index (χ3v) is 1.61. The van der Waals surface area contributed by atoms with Gasteiger partial charge in [-0.1, -0.05) is 20.3 Å². The van der Waals surface area contributed by atoms with Gasteiger partial charge in [-0.2, -0.15) is 0 Å². The largest absolute Gasteiger partial charge is 0.368 e. The zero-order chi connectivity index (χ0) is 7.28. The van der Waals surface area contributed by atoms with Gasteiger partial charge in [0.05, 0.1) is 0 Å². The molecule has 0 aliphatic carbocycles. The van der Waals surface area contributed by atoms with Gasteiger partial charge in [-0.15, -0.1) is 0 Å². The van der Waals surface area contributed by atoms with Crippen molar-refractivity contribution >= 4 is 0 Å². The highest BCUT2D eigenvalue weighted by Gasteiger charge is 2.01. The van der Waals surface area contributed by atoms with E-state index in [9.17, 15) is 0 Å². The number of aliphatic hydroxyl groups is 2. The molecule has 0 rings (SSSR count). The Balaban J connectivity index is 3.06. The van der Waals surface area contributed by atoms with Gasteiger partial charge in [0, 0.05) is 0 Å². The highest BCUT2D eigenvalue weighted by molar-refractivity contribution is 4.50. The molecule has 2 heteroatoms. The van der Waals surface area contributed by atoms with Crippen molar-refractivity contribution in [3.8, 4) is 0 Å². The maximum absolute atomic E-state index is 8.45. The fourth-order valence-corrected chi connectivity index (χ4v) is 0.638. The van der Waals surface area contributed by atoms with E-state index in [1.54, 1.807) is 0 Å². The van der Waals surface area contributed by atoms with E-state index in [0.29, 0.717) is 12.3 Å². The molecule has 0 amide bonds. The van der Waals surface area contributed by atoms with Gasteiger partial charge in [-0.25, -0.2) is 0 Å². The molecule has 0 fully saturated rings. The molecule has 0 aromatic carbocycles. The van der Waals surface area contributed by atoms with Crippen molar-refractivity contribution in [2.75, 3.05) is 0 Å². The summed E-state index contributed by atoms with van der Waals surface area (Å²) in [6.45, 7) is 4.22. The second-order valence-corrected chi connectivity index (χ2v) is 2.57. The van der Waals surface area contributed by atoms with Gasteiger partial charge in [0.1, 0.15) is 0 Å². The predicted molar refractivity (Wildman–Crippen MR) is 36.9 cm³/mol. The van der Waals surface area contributed by atoms with Crippen LogP contribution in [0, 0.1) is 5.92 Å². The molecule has 0 saturated carbocycles. The van der Waals surface area contributed by atoms with Gasteiger partial charge in [0.2, 0.25) is 0 Å². The van der Waals surface area contributed by atoms with Crippen LogP contribution in [0.2, 0.25) is 0 Å². The molecule has 2 N–H and O–H groups in total. The number of hydrogen-bond donors (Lipinski definition) is 2. The topological polar surface area (TPSA) is 40.5 Å². The molecule has 2 nitrogen and oxygen atoms in total. The summed E-state index contributed by atoms with van der Waals surface area (Å²) in [7, 11) is 0. The van der Waals surface area contributed by atoms with Crippen molar-refractivity contribution in [3.63, 3.8) is 0 Å². The zero-order valence-electron chi connectivity index (χ0n) is 6.17. The predicted octanol–water partition coefficient (Wildman–Crippen LogP) is 1.12. The lowest BCUT2D eigenvalue weighted by Gasteiger charge is -2.07. The molecule has 9 heavy (non-hydrogen) atoms. The monoisotopic (exact) mass is 132 g/mol. The van der Waals surface area contributed by atoms with Crippen LogP contribution in [0.5, 0.6) is 0 Å². The lowest BCUT2D eigenvalue weighted by atomic mass is 10.0. The van der Waals surface area contributed by atoms with Gasteiger partial charge in [-0.3, -0.25) is 0 Å². The average Bonchev–Trinajstić information content (AvgIpc) is 1.83. The maximum Gasteiger partial charge on any atom is 0.151 e. The van der Waals surface area contributed by atoms with Gasteiger partial charge >= 0.3 is 0 Å². The minimum atomic E-state index is -1.11. The Morgan fingerprint density at radius 3 is 2.11 bits per heavy atom. The molecule has 0 bridgehead atoms. The molecule has 0 radical (unpaired) electrons. The van der Waals surface area contributed by atoms with Gasteiger partial charge in [-0.05, 0) is 18.8 Å². The first-order valence-electron chi connectivity index (χ1n) is 3.53. The minimum Gasteiger partial charge on any atom is -0.368 e. The Bertz CT molecular complexity index is 61.9. The summed E-state index contributed by atoms with van der Waals surface area (Å²) in [6.07, 6.45) is 1.43. The van der Waals surface area contributed by atoms with E-state index in [2.05, 4.69) is 13.8 Å². The average molecular weight is 132 g/mol. The van der Waals surface area contributed by atoms with Crippen LogP contribution in [0.4, 0.5) is 0 Å². The van der Waals surface area contributed by atoms with Crippen LogP contribution in [0.15, 0.2) is 0 Å². The van der Waals surface area contributed by atoms with Crippen LogP contribution in [0.25, 0.3) is 0 Å². The normalized spacial score (nSPS) is 14.3. The summed E-state index contributed by atoms with van der Waals surface area (Å²) in [5, 5.41) is 16.9. The van der Waals surface area contributed by atoms with Crippen molar-refractivity contribution in [1.29, 1.82) is 0 Å². The zero-order valence-corrected chi connectivity index (χ0v) is 6.17. The van der Waals surface area contributed by atoms with Crippen molar-refractivity contribution < 1.29 is 10.2 Å². The van der Waals surface area contributed by atoms with Crippen LogP contribution < -0.4 is 0 Å². The van der Waals surface area contributed by atoms with Crippen molar-refractivity contribution in [1.82, 2.24) is 0 Å². The lowest BCUT2D eigenvalue weighted by molar-refractivity contribution is -0.0485. The first-order chi connectivity index (χ1) is 4.16. The molecule has 1 unspecified atom stereocenters. The smallest absolute Gasteiger partial charge is 0.151 e.